The number of nitro groups is 1. The number of halogens is 1. The van der Waals surface area contributed by atoms with Crippen molar-refractivity contribution in [3.63, 3.8) is 0 Å². The average Bonchev–Trinajstić information content (AvgIpc) is 2.72. The summed E-state index contributed by atoms with van der Waals surface area (Å²) >= 11 is 6.32. The van der Waals surface area contributed by atoms with Gasteiger partial charge in [-0.3, -0.25) is 0 Å². The van der Waals surface area contributed by atoms with E-state index < -0.39 is 24.6 Å². The van der Waals surface area contributed by atoms with E-state index in [2.05, 4.69) is 10.00 Å². The number of hydrogen-bond donors (Lipinski definition) is 1. The van der Waals surface area contributed by atoms with Crippen LogP contribution in [0.15, 0.2) is 34.3 Å². The molecule has 0 aromatic heterocycles. The molecule has 0 saturated heterocycles. The Balaban J connectivity index is 2.82. The third kappa shape index (κ3) is 9.42. The van der Waals surface area contributed by atoms with Crippen molar-refractivity contribution in [2.45, 2.75) is 58.1 Å². The maximum atomic E-state index is 10.7. The van der Waals surface area contributed by atoms with Crippen molar-refractivity contribution in [3.8, 4) is 0 Å². The zero-order valence-corrected chi connectivity index (χ0v) is 18.9. The standard InChI is InChI=1S/C18H31ClN3O6P/c1-4-11-26-29(27-12-5-2,28-13-6-3)21-20-18(23)14-17(19)15-7-9-16(10-8-15)22(24)25/h7-10,17-18,23,29H,4-6,11-14H2,1-3H3. The van der Waals surface area contributed by atoms with Gasteiger partial charge in [-0.05, 0) is 0 Å². The van der Waals surface area contributed by atoms with Crippen molar-refractivity contribution in [1.82, 2.24) is 0 Å². The molecule has 0 amide bonds. The van der Waals surface area contributed by atoms with Crippen molar-refractivity contribution in [2.24, 2.45) is 10.00 Å². The van der Waals surface area contributed by atoms with Gasteiger partial charge in [0, 0.05) is 0 Å². The Labute approximate surface area is 177 Å². The van der Waals surface area contributed by atoms with E-state index in [1.807, 2.05) is 20.8 Å². The number of aliphatic hydroxyl groups excluding tert-OH is 1. The molecule has 0 radical (unpaired) electrons. The normalized spacial score (nSPS) is 14.8. The molecule has 0 aliphatic rings. The monoisotopic (exact) mass is 451 g/mol. The quantitative estimate of drug-likeness (QED) is 0.120. The summed E-state index contributed by atoms with van der Waals surface area (Å²) in [4.78, 5) is 14.4. The zero-order chi connectivity index (χ0) is 21.7. The third-order valence-electron chi connectivity index (χ3n) is 3.66. The Bertz CT molecular complexity index is 613. The molecule has 0 bridgehead atoms. The van der Waals surface area contributed by atoms with E-state index in [-0.39, 0.29) is 12.1 Å². The van der Waals surface area contributed by atoms with E-state index in [1.165, 1.54) is 12.1 Å². The fraction of sp³-hybridized carbons (Fsp3) is 0.667. The van der Waals surface area contributed by atoms with E-state index in [0.717, 1.165) is 19.3 Å². The van der Waals surface area contributed by atoms with Crippen molar-refractivity contribution in [3.05, 3.63) is 39.9 Å². The third-order valence-corrected chi connectivity index (χ3v) is 6.16. The summed E-state index contributed by atoms with van der Waals surface area (Å²) in [6, 6.07) is 5.84. The summed E-state index contributed by atoms with van der Waals surface area (Å²) in [6.07, 6.45) is 1.17. The summed E-state index contributed by atoms with van der Waals surface area (Å²) in [7, 11) is -3.39. The van der Waals surface area contributed by atoms with Crippen molar-refractivity contribution >= 4 is 25.4 Å². The van der Waals surface area contributed by atoms with Gasteiger partial charge in [0.1, 0.15) is 0 Å². The Kier molecular flexibility index (Phi) is 12.4. The van der Waals surface area contributed by atoms with Crippen LogP contribution in [0.2, 0.25) is 0 Å². The summed E-state index contributed by atoms with van der Waals surface area (Å²) in [5.74, 6) is 0. The van der Waals surface area contributed by atoms with Crippen LogP contribution in [-0.2, 0) is 13.6 Å². The number of nitrogens with zero attached hydrogens (tertiary/aromatic N) is 3. The molecule has 29 heavy (non-hydrogen) atoms. The van der Waals surface area contributed by atoms with Gasteiger partial charge >= 0.3 is 177 Å². The number of alkyl halides is 1. The Morgan fingerprint density at radius 1 is 1.07 bits per heavy atom. The van der Waals surface area contributed by atoms with Crippen molar-refractivity contribution in [2.75, 3.05) is 19.8 Å². The molecule has 9 nitrogen and oxygen atoms in total. The molecule has 1 N–H and O–H groups in total. The SMILES string of the molecule is CCCO[PH](N=NC(O)CC(Cl)c1ccc([N+](=O)[O-])cc1)(OCCC)OCCC. The predicted octanol–water partition coefficient (Wildman–Crippen LogP) is 5.73. The van der Waals surface area contributed by atoms with Crippen molar-refractivity contribution in [1.29, 1.82) is 0 Å². The topological polar surface area (TPSA) is 116 Å². The number of hydrogen-bond acceptors (Lipinski definition) is 8. The molecule has 1 aromatic carbocycles. The minimum absolute atomic E-state index is 0.0251. The van der Waals surface area contributed by atoms with Gasteiger partial charge < -0.3 is 0 Å². The van der Waals surface area contributed by atoms with Crippen LogP contribution in [0.3, 0.4) is 0 Å². The van der Waals surface area contributed by atoms with E-state index in [9.17, 15) is 15.2 Å². The summed E-state index contributed by atoms with van der Waals surface area (Å²) in [6.45, 7) is 7.13. The molecule has 2 unspecified atom stereocenters. The first-order valence-electron chi connectivity index (χ1n) is 9.77. The van der Waals surface area contributed by atoms with Crippen LogP contribution in [0.25, 0.3) is 0 Å². The van der Waals surface area contributed by atoms with Gasteiger partial charge in [-0.1, -0.05) is 0 Å². The molecule has 0 fully saturated rings. The number of nitro benzene ring substituents is 1. The Morgan fingerprint density at radius 2 is 1.55 bits per heavy atom. The maximum absolute atomic E-state index is 10.7. The second-order valence-corrected chi connectivity index (χ2v) is 8.96. The van der Waals surface area contributed by atoms with E-state index in [0.29, 0.717) is 25.4 Å². The van der Waals surface area contributed by atoms with Gasteiger partial charge in [0.2, 0.25) is 0 Å². The first kappa shape index (κ1) is 25.8. The molecular formula is C18H31ClN3O6P. The number of aliphatic hydroxyl groups is 1. The van der Waals surface area contributed by atoms with Crippen LogP contribution in [0.4, 0.5) is 5.69 Å². The fourth-order valence-electron chi connectivity index (χ4n) is 2.22. The van der Waals surface area contributed by atoms with Gasteiger partial charge in [0.15, 0.2) is 0 Å². The van der Waals surface area contributed by atoms with Crippen LogP contribution in [0.1, 0.15) is 57.4 Å². The molecule has 11 heteroatoms. The molecule has 166 valence electrons. The van der Waals surface area contributed by atoms with Crippen LogP contribution in [0.5, 0.6) is 0 Å². The molecule has 0 aliphatic heterocycles. The fourth-order valence-corrected chi connectivity index (χ4v) is 4.60. The number of rotatable bonds is 15. The molecule has 2 atom stereocenters. The summed E-state index contributed by atoms with van der Waals surface area (Å²) in [5.41, 5.74) is 0.615. The van der Waals surface area contributed by atoms with Gasteiger partial charge in [0.25, 0.3) is 0 Å². The first-order valence-corrected chi connectivity index (χ1v) is 11.9. The van der Waals surface area contributed by atoms with E-state index in [1.54, 1.807) is 12.1 Å². The van der Waals surface area contributed by atoms with Crippen LogP contribution >= 0.6 is 19.7 Å². The van der Waals surface area contributed by atoms with Gasteiger partial charge in [0.05, 0.1) is 0 Å². The van der Waals surface area contributed by atoms with Crippen LogP contribution in [-0.4, -0.2) is 36.1 Å². The minimum atomic E-state index is -3.39. The molecular weight excluding hydrogens is 421 g/mol. The summed E-state index contributed by atoms with van der Waals surface area (Å²) < 4.78 is 17.4. The molecule has 0 saturated carbocycles. The average molecular weight is 452 g/mol. The zero-order valence-electron chi connectivity index (χ0n) is 17.1. The van der Waals surface area contributed by atoms with Gasteiger partial charge in [-0.2, -0.15) is 0 Å². The number of non-ortho nitro benzene ring substituents is 1. The Hall–Kier alpha value is -1.22. The van der Waals surface area contributed by atoms with Crippen LogP contribution in [0, 0.1) is 10.1 Å². The molecule has 0 aliphatic carbocycles. The summed E-state index contributed by atoms with van der Waals surface area (Å²) in [5, 5.41) is 24.4. The van der Waals surface area contributed by atoms with E-state index in [4.69, 9.17) is 25.2 Å². The Morgan fingerprint density at radius 3 is 1.97 bits per heavy atom. The predicted molar refractivity (Wildman–Crippen MR) is 114 cm³/mol. The van der Waals surface area contributed by atoms with E-state index >= 15 is 0 Å². The second kappa shape index (κ2) is 13.9. The van der Waals surface area contributed by atoms with Crippen molar-refractivity contribution < 1.29 is 23.6 Å². The molecule has 1 aromatic rings. The van der Waals surface area contributed by atoms with Gasteiger partial charge in [-0.25, -0.2) is 0 Å². The van der Waals surface area contributed by atoms with Gasteiger partial charge in [-0.15, -0.1) is 0 Å². The molecule has 0 spiro atoms. The second-order valence-electron chi connectivity index (χ2n) is 6.32. The molecule has 0 heterocycles. The van der Waals surface area contributed by atoms with Crippen LogP contribution < -0.4 is 0 Å². The molecule has 1 rings (SSSR count). The number of benzene rings is 1. The first-order chi connectivity index (χ1) is 13.9.